The van der Waals surface area contributed by atoms with Crippen LogP contribution in [0.15, 0.2) is 41.3 Å². The number of carbonyl (C=O) groups excluding carboxylic acids is 1. The summed E-state index contributed by atoms with van der Waals surface area (Å²) in [6, 6.07) is 10.3. The zero-order chi connectivity index (χ0) is 22.8. The molecule has 1 fully saturated rings. The molecule has 1 aliphatic rings. The van der Waals surface area contributed by atoms with Crippen LogP contribution in [-0.2, 0) is 26.8 Å². The van der Waals surface area contributed by atoms with E-state index in [0.717, 1.165) is 36.0 Å². The Kier molecular flexibility index (Phi) is 6.92. The molecule has 1 aliphatic heterocycles. The molecule has 0 aliphatic carbocycles. The molecule has 31 heavy (non-hydrogen) atoms. The average molecular weight is 444 g/mol. The Morgan fingerprint density at radius 2 is 1.52 bits per heavy atom. The molecule has 1 saturated heterocycles. The molecule has 0 atom stereocenters. The minimum absolute atomic E-state index is 0.0566. The number of esters is 1. The largest absolute Gasteiger partial charge is 0.457 e. The van der Waals surface area contributed by atoms with E-state index in [4.69, 9.17) is 4.74 Å². The topological polar surface area (TPSA) is 63.7 Å². The summed E-state index contributed by atoms with van der Waals surface area (Å²) in [5, 5.41) is 0. The third-order valence-electron chi connectivity index (χ3n) is 5.95. The molecule has 2 aromatic rings. The molecule has 0 unspecified atom stereocenters. The minimum Gasteiger partial charge on any atom is -0.457 e. The summed E-state index contributed by atoms with van der Waals surface area (Å²) in [5.74, 6) is -0.458. The second-order valence-corrected chi connectivity index (χ2v) is 11.3. The molecule has 5 nitrogen and oxygen atoms in total. The summed E-state index contributed by atoms with van der Waals surface area (Å²) in [4.78, 5) is 12.8. The molecule has 0 amide bonds. The van der Waals surface area contributed by atoms with Gasteiger partial charge in [0.25, 0.3) is 0 Å². The highest BCUT2D eigenvalue weighted by Gasteiger charge is 2.26. The van der Waals surface area contributed by atoms with E-state index in [1.54, 1.807) is 0 Å². The predicted octanol–water partition coefficient (Wildman–Crippen LogP) is 5.13. The van der Waals surface area contributed by atoms with Crippen molar-refractivity contribution in [2.45, 2.75) is 70.8 Å². The number of sulfonamides is 1. The Hall–Kier alpha value is -2.18. The Morgan fingerprint density at radius 1 is 0.968 bits per heavy atom. The molecule has 2 aromatic carbocycles. The first-order chi connectivity index (χ1) is 14.5. The molecule has 0 bridgehead atoms. The normalized spacial score (nSPS) is 15.6. The van der Waals surface area contributed by atoms with E-state index in [9.17, 15) is 13.2 Å². The van der Waals surface area contributed by atoms with Gasteiger partial charge in [0.05, 0.1) is 10.5 Å². The molecule has 0 N–H and O–H groups in total. The van der Waals surface area contributed by atoms with Gasteiger partial charge in [-0.05, 0) is 78.6 Å². The highest BCUT2D eigenvalue weighted by Crippen LogP contribution is 2.27. The van der Waals surface area contributed by atoms with Crippen molar-refractivity contribution in [3.8, 4) is 0 Å². The van der Waals surface area contributed by atoms with Crippen LogP contribution in [0.4, 0.5) is 0 Å². The minimum atomic E-state index is -3.51. The van der Waals surface area contributed by atoms with E-state index in [1.807, 2.05) is 13.8 Å². The van der Waals surface area contributed by atoms with Gasteiger partial charge in [0.2, 0.25) is 10.0 Å². The van der Waals surface area contributed by atoms with Crippen LogP contribution in [0.1, 0.15) is 72.6 Å². The van der Waals surface area contributed by atoms with E-state index in [-0.39, 0.29) is 16.9 Å². The number of nitrogens with zero attached hydrogens (tertiary/aromatic N) is 1. The van der Waals surface area contributed by atoms with E-state index in [2.05, 4.69) is 32.9 Å². The Labute approximate surface area is 186 Å². The highest BCUT2D eigenvalue weighted by molar-refractivity contribution is 7.89. The van der Waals surface area contributed by atoms with Crippen LogP contribution >= 0.6 is 0 Å². The van der Waals surface area contributed by atoms with Gasteiger partial charge in [-0.1, -0.05) is 39.3 Å². The summed E-state index contributed by atoms with van der Waals surface area (Å²) in [5.41, 5.74) is 4.86. The smallest absolute Gasteiger partial charge is 0.338 e. The first-order valence-corrected chi connectivity index (χ1v) is 12.3. The number of hydrogen-bond donors (Lipinski definition) is 0. The predicted molar refractivity (Wildman–Crippen MR) is 123 cm³/mol. The maximum atomic E-state index is 12.8. The van der Waals surface area contributed by atoms with E-state index < -0.39 is 16.0 Å². The van der Waals surface area contributed by atoms with Gasteiger partial charge in [-0.3, -0.25) is 0 Å². The summed E-state index contributed by atoms with van der Waals surface area (Å²) in [6.45, 7) is 11.9. The number of carbonyl (C=O) groups is 1. The van der Waals surface area contributed by atoms with Crippen LogP contribution in [0.5, 0.6) is 0 Å². The molecule has 0 aromatic heterocycles. The van der Waals surface area contributed by atoms with Crippen molar-refractivity contribution in [3.63, 3.8) is 0 Å². The van der Waals surface area contributed by atoms with Crippen molar-refractivity contribution in [1.82, 2.24) is 4.31 Å². The number of rotatable bonds is 5. The van der Waals surface area contributed by atoms with Crippen LogP contribution < -0.4 is 0 Å². The van der Waals surface area contributed by atoms with Gasteiger partial charge >= 0.3 is 5.97 Å². The van der Waals surface area contributed by atoms with Crippen molar-refractivity contribution in [1.29, 1.82) is 0 Å². The molecule has 0 radical (unpaired) electrons. The van der Waals surface area contributed by atoms with Crippen molar-refractivity contribution in [2.75, 3.05) is 13.1 Å². The third-order valence-corrected chi connectivity index (χ3v) is 7.87. The lowest BCUT2D eigenvalue weighted by Crippen LogP contribution is -2.35. The van der Waals surface area contributed by atoms with E-state index in [0.29, 0.717) is 18.7 Å². The van der Waals surface area contributed by atoms with Gasteiger partial charge in [-0.2, -0.15) is 4.31 Å². The van der Waals surface area contributed by atoms with Gasteiger partial charge < -0.3 is 4.74 Å². The first kappa shape index (κ1) is 23.5. The van der Waals surface area contributed by atoms with Crippen molar-refractivity contribution in [3.05, 3.63) is 64.2 Å². The Bertz CT molecular complexity index is 1020. The second-order valence-electron chi connectivity index (χ2n) is 9.40. The van der Waals surface area contributed by atoms with Crippen LogP contribution in [0.25, 0.3) is 0 Å². The summed E-state index contributed by atoms with van der Waals surface area (Å²) < 4.78 is 32.6. The van der Waals surface area contributed by atoms with Gasteiger partial charge in [0.1, 0.15) is 6.61 Å². The van der Waals surface area contributed by atoms with Crippen LogP contribution in [0, 0.1) is 13.8 Å². The lowest BCUT2D eigenvalue weighted by Gasteiger charge is -2.25. The molecule has 168 valence electrons. The number of piperidine rings is 1. The van der Waals surface area contributed by atoms with Gasteiger partial charge in [0.15, 0.2) is 0 Å². The fourth-order valence-electron chi connectivity index (χ4n) is 3.89. The quantitative estimate of drug-likeness (QED) is 0.601. The second kappa shape index (κ2) is 9.13. The number of hydrogen-bond acceptors (Lipinski definition) is 4. The molecule has 1 heterocycles. The Balaban J connectivity index is 1.69. The average Bonchev–Trinajstić information content (AvgIpc) is 2.73. The number of aryl methyl sites for hydroxylation is 2. The lowest BCUT2D eigenvalue weighted by molar-refractivity contribution is 0.0471. The van der Waals surface area contributed by atoms with Crippen molar-refractivity contribution < 1.29 is 17.9 Å². The molecule has 3 rings (SSSR count). The van der Waals surface area contributed by atoms with E-state index >= 15 is 0 Å². The van der Waals surface area contributed by atoms with Gasteiger partial charge in [-0.15, -0.1) is 0 Å². The molecular weight excluding hydrogens is 410 g/mol. The van der Waals surface area contributed by atoms with Crippen LogP contribution in [0.3, 0.4) is 0 Å². The fourth-order valence-corrected chi connectivity index (χ4v) is 5.41. The van der Waals surface area contributed by atoms with Crippen LogP contribution in [-0.4, -0.2) is 31.8 Å². The Morgan fingerprint density at radius 3 is 2.03 bits per heavy atom. The standard InChI is InChI=1S/C25H33NO4S/c1-18-15-21(25(3,4)5)16-19(2)23(18)17-30-24(27)20-9-11-22(12-10-20)31(28,29)26-13-7-6-8-14-26/h9-12,15-16H,6-8,13-14,17H2,1-5H3. The third kappa shape index (κ3) is 5.36. The zero-order valence-corrected chi connectivity index (χ0v) is 20.0. The van der Waals surface area contributed by atoms with Crippen molar-refractivity contribution in [2.24, 2.45) is 0 Å². The zero-order valence-electron chi connectivity index (χ0n) is 19.2. The fraction of sp³-hybridized carbons (Fsp3) is 0.480. The maximum Gasteiger partial charge on any atom is 0.338 e. The summed E-state index contributed by atoms with van der Waals surface area (Å²) >= 11 is 0. The summed E-state index contributed by atoms with van der Waals surface area (Å²) in [7, 11) is -3.51. The first-order valence-electron chi connectivity index (χ1n) is 10.9. The number of benzene rings is 2. The maximum absolute atomic E-state index is 12.8. The SMILES string of the molecule is Cc1cc(C(C)(C)C)cc(C)c1COC(=O)c1ccc(S(=O)(=O)N2CCCCC2)cc1. The molecule has 0 saturated carbocycles. The van der Waals surface area contributed by atoms with Gasteiger partial charge in [-0.25, -0.2) is 13.2 Å². The molecule has 0 spiro atoms. The van der Waals surface area contributed by atoms with Crippen molar-refractivity contribution >= 4 is 16.0 Å². The summed E-state index contributed by atoms with van der Waals surface area (Å²) in [6.07, 6.45) is 2.84. The van der Waals surface area contributed by atoms with Gasteiger partial charge in [0, 0.05) is 13.1 Å². The van der Waals surface area contributed by atoms with E-state index in [1.165, 1.54) is 34.1 Å². The lowest BCUT2D eigenvalue weighted by atomic mass is 9.84. The van der Waals surface area contributed by atoms with Crippen LogP contribution in [0.2, 0.25) is 0 Å². The highest BCUT2D eigenvalue weighted by atomic mass is 32.2. The monoisotopic (exact) mass is 443 g/mol. The number of ether oxygens (including phenoxy) is 1. The molecular formula is C25H33NO4S. The molecule has 6 heteroatoms.